The Labute approximate surface area is 203 Å². The number of hydrogen-bond acceptors (Lipinski definition) is 7. The lowest BCUT2D eigenvalue weighted by atomic mass is 9.99. The highest BCUT2D eigenvalue weighted by Crippen LogP contribution is 2.43. The van der Waals surface area contributed by atoms with Crippen molar-refractivity contribution in [3.63, 3.8) is 0 Å². The number of amides is 1. The first-order chi connectivity index (χ1) is 17.1. The van der Waals surface area contributed by atoms with E-state index in [-0.39, 0.29) is 17.8 Å². The van der Waals surface area contributed by atoms with E-state index in [1.807, 2.05) is 30.3 Å². The topological polar surface area (TPSA) is 89.7 Å². The Balaban J connectivity index is 1.55. The van der Waals surface area contributed by atoms with E-state index in [0.717, 1.165) is 10.3 Å². The molecule has 0 saturated heterocycles. The van der Waals surface area contributed by atoms with Gasteiger partial charge < -0.3 is 9.15 Å². The monoisotopic (exact) mass is 482 g/mol. The quantitative estimate of drug-likeness (QED) is 0.322. The fraction of sp³-hybridized carbons (Fsp3) is 0.111. The number of para-hydroxylation sites is 1. The lowest BCUT2D eigenvalue weighted by Crippen LogP contribution is -2.29. The molecule has 172 valence electrons. The molecule has 0 aliphatic carbocycles. The van der Waals surface area contributed by atoms with Crippen molar-refractivity contribution < 1.29 is 18.7 Å². The molecule has 0 saturated carbocycles. The molecule has 1 aliphatic rings. The van der Waals surface area contributed by atoms with Crippen molar-refractivity contribution in [2.24, 2.45) is 0 Å². The molecule has 5 aromatic rings. The highest BCUT2D eigenvalue weighted by molar-refractivity contribution is 7.22. The maximum atomic E-state index is 13.7. The van der Waals surface area contributed by atoms with E-state index in [1.165, 1.54) is 16.2 Å². The van der Waals surface area contributed by atoms with Crippen LogP contribution in [0.2, 0.25) is 0 Å². The fourth-order valence-electron chi connectivity index (χ4n) is 4.42. The molecule has 1 aliphatic heterocycles. The standard InChI is InChI=1S/C27H18N2O5S/c1-2-33-26(32)16-12-13-18-20(14-16)35-27(28-18)29-22(15-8-4-3-5-9-15)21-23(30)17-10-6-7-11-19(17)34-24(21)25(29)31/h3-14,22H,2H2,1H3/t22-/m1/s1. The first kappa shape index (κ1) is 21.2. The van der Waals surface area contributed by atoms with Crippen LogP contribution in [0.1, 0.15) is 45.0 Å². The number of thiazole rings is 1. The highest BCUT2D eigenvalue weighted by Gasteiger charge is 2.44. The first-order valence-corrected chi connectivity index (χ1v) is 11.9. The minimum absolute atomic E-state index is 0.0222. The van der Waals surface area contributed by atoms with Crippen LogP contribution >= 0.6 is 11.3 Å². The Morgan fingerprint density at radius 2 is 1.83 bits per heavy atom. The van der Waals surface area contributed by atoms with Crippen LogP contribution < -0.4 is 10.3 Å². The van der Waals surface area contributed by atoms with Crippen molar-refractivity contribution in [2.75, 3.05) is 11.5 Å². The number of nitrogens with zero attached hydrogens (tertiary/aromatic N) is 2. The maximum absolute atomic E-state index is 13.7. The molecule has 35 heavy (non-hydrogen) atoms. The Bertz CT molecular complexity index is 1690. The van der Waals surface area contributed by atoms with E-state index in [2.05, 4.69) is 4.98 Å². The zero-order chi connectivity index (χ0) is 24.1. The summed E-state index contributed by atoms with van der Waals surface area (Å²) in [4.78, 5) is 45.7. The summed E-state index contributed by atoms with van der Waals surface area (Å²) in [6, 6.07) is 20.7. The summed E-state index contributed by atoms with van der Waals surface area (Å²) in [5.74, 6) is -0.826. The number of anilines is 1. The molecule has 0 fully saturated rings. The van der Waals surface area contributed by atoms with Crippen molar-refractivity contribution in [1.82, 2.24) is 4.98 Å². The number of fused-ring (bicyclic) bond motifs is 3. The molecule has 8 heteroatoms. The van der Waals surface area contributed by atoms with Gasteiger partial charge in [-0.2, -0.15) is 0 Å². The van der Waals surface area contributed by atoms with Gasteiger partial charge in [0.15, 0.2) is 10.6 Å². The van der Waals surface area contributed by atoms with E-state index in [1.54, 1.807) is 49.4 Å². The van der Waals surface area contributed by atoms with Crippen molar-refractivity contribution in [1.29, 1.82) is 0 Å². The van der Waals surface area contributed by atoms with Gasteiger partial charge in [0.1, 0.15) is 5.58 Å². The van der Waals surface area contributed by atoms with Crippen LogP contribution in [0.3, 0.4) is 0 Å². The summed E-state index contributed by atoms with van der Waals surface area (Å²) in [5, 5.41) is 0.833. The van der Waals surface area contributed by atoms with Crippen molar-refractivity contribution in [2.45, 2.75) is 13.0 Å². The molecule has 3 heterocycles. The lowest BCUT2D eigenvalue weighted by molar-refractivity contribution is 0.0526. The van der Waals surface area contributed by atoms with Gasteiger partial charge in [-0.05, 0) is 42.8 Å². The molecule has 6 rings (SSSR count). The van der Waals surface area contributed by atoms with Gasteiger partial charge in [-0.1, -0.05) is 53.8 Å². The SMILES string of the molecule is CCOC(=O)c1ccc2nc(N3C(=O)c4oc5ccccc5c(=O)c4[C@H]3c3ccccc3)sc2c1. The van der Waals surface area contributed by atoms with Crippen LogP contribution in [0.4, 0.5) is 5.13 Å². The molecule has 0 unspecified atom stereocenters. The minimum Gasteiger partial charge on any atom is -0.462 e. The van der Waals surface area contributed by atoms with Gasteiger partial charge in [0.2, 0.25) is 5.76 Å². The van der Waals surface area contributed by atoms with Crippen LogP contribution in [-0.4, -0.2) is 23.5 Å². The molecule has 0 spiro atoms. The van der Waals surface area contributed by atoms with Gasteiger partial charge in [0.05, 0.1) is 39.4 Å². The van der Waals surface area contributed by atoms with E-state index in [9.17, 15) is 14.4 Å². The van der Waals surface area contributed by atoms with Gasteiger partial charge in [0, 0.05) is 0 Å². The molecule has 2 aromatic heterocycles. The molecule has 1 atom stereocenters. The van der Waals surface area contributed by atoms with Crippen molar-refractivity contribution >= 4 is 49.5 Å². The third kappa shape index (κ3) is 3.33. The van der Waals surface area contributed by atoms with E-state index in [0.29, 0.717) is 32.7 Å². The predicted octanol–water partition coefficient (Wildman–Crippen LogP) is 5.33. The minimum atomic E-state index is -0.690. The number of ether oxygens (including phenoxy) is 1. The van der Waals surface area contributed by atoms with E-state index < -0.39 is 17.9 Å². The fourth-order valence-corrected chi connectivity index (χ4v) is 5.46. The summed E-state index contributed by atoms with van der Waals surface area (Å²) in [6.45, 7) is 2.03. The molecule has 0 radical (unpaired) electrons. The Kier molecular flexibility index (Phi) is 4.96. The lowest BCUT2D eigenvalue weighted by Gasteiger charge is -2.22. The maximum Gasteiger partial charge on any atom is 0.338 e. The zero-order valence-corrected chi connectivity index (χ0v) is 19.4. The number of carbonyl (C=O) groups excluding carboxylic acids is 2. The van der Waals surface area contributed by atoms with Crippen LogP contribution in [0.5, 0.6) is 0 Å². The highest BCUT2D eigenvalue weighted by atomic mass is 32.1. The summed E-state index contributed by atoms with van der Waals surface area (Å²) in [5.41, 5.74) is 2.24. The summed E-state index contributed by atoms with van der Waals surface area (Å²) in [6.07, 6.45) is 0. The molecule has 1 amide bonds. The van der Waals surface area contributed by atoms with E-state index >= 15 is 0 Å². The van der Waals surface area contributed by atoms with Gasteiger partial charge in [-0.15, -0.1) is 0 Å². The van der Waals surface area contributed by atoms with Crippen LogP contribution in [0, 0.1) is 0 Å². The Hall–Kier alpha value is -4.30. The number of aromatic nitrogens is 1. The number of hydrogen-bond donors (Lipinski definition) is 0. The summed E-state index contributed by atoms with van der Waals surface area (Å²) in [7, 11) is 0. The number of benzene rings is 3. The molecular formula is C27H18N2O5S. The van der Waals surface area contributed by atoms with Gasteiger partial charge in [0.25, 0.3) is 5.91 Å². The number of carbonyl (C=O) groups is 2. The second-order valence-electron chi connectivity index (χ2n) is 8.06. The Morgan fingerprint density at radius 3 is 2.63 bits per heavy atom. The summed E-state index contributed by atoms with van der Waals surface area (Å²) < 4.78 is 11.8. The average molecular weight is 483 g/mol. The molecule has 0 bridgehead atoms. The van der Waals surface area contributed by atoms with Crippen LogP contribution in [-0.2, 0) is 4.74 Å². The normalized spacial score (nSPS) is 15.1. The molecule has 3 aromatic carbocycles. The predicted molar refractivity (Wildman–Crippen MR) is 133 cm³/mol. The van der Waals surface area contributed by atoms with Crippen LogP contribution in [0.15, 0.2) is 82.0 Å². The smallest absolute Gasteiger partial charge is 0.338 e. The van der Waals surface area contributed by atoms with Gasteiger partial charge >= 0.3 is 5.97 Å². The largest absolute Gasteiger partial charge is 0.462 e. The van der Waals surface area contributed by atoms with Crippen LogP contribution in [0.25, 0.3) is 21.2 Å². The van der Waals surface area contributed by atoms with E-state index in [4.69, 9.17) is 9.15 Å². The van der Waals surface area contributed by atoms with Gasteiger partial charge in [-0.3, -0.25) is 14.5 Å². The van der Waals surface area contributed by atoms with Crippen molar-refractivity contribution in [3.05, 3.63) is 105 Å². The molecule has 0 N–H and O–H groups in total. The third-order valence-corrected chi connectivity index (χ3v) is 7.00. The number of rotatable bonds is 4. The van der Waals surface area contributed by atoms with Gasteiger partial charge in [-0.25, -0.2) is 9.78 Å². The first-order valence-electron chi connectivity index (χ1n) is 11.1. The number of esters is 1. The van der Waals surface area contributed by atoms with Crippen molar-refractivity contribution in [3.8, 4) is 0 Å². The average Bonchev–Trinajstić information content (AvgIpc) is 3.43. The summed E-state index contributed by atoms with van der Waals surface area (Å²) >= 11 is 1.27. The third-order valence-electron chi connectivity index (χ3n) is 5.99. The second-order valence-corrected chi connectivity index (χ2v) is 9.07. The molecule has 7 nitrogen and oxygen atoms in total. The Morgan fingerprint density at radius 1 is 1.06 bits per heavy atom. The second kappa shape index (κ2) is 8.18. The molecular weight excluding hydrogens is 464 g/mol. The zero-order valence-electron chi connectivity index (χ0n) is 18.6.